The highest BCUT2D eigenvalue weighted by atomic mass is 35.5. The van der Waals surface area contributed by atoms with Crippen LogP contribution in [0.5, 0.6) is 0 Å². The standard InChI is InChI=1S/C10H6ClN3O3S/c11-4-1-2-6-5(3-4)14(10(18)17-6)7-8(15)13-9(16)12-7/h1-3,7H,(H2,12,13,15,16). The maximum absolute atomic E-state index is 11.6. The Morgan fingerprint density at radius 2 is 2.17 bits per heavy atom. The van der Waals surface area contributed by atoms with Crippen LogP contribution in [0.1, 0.15) is 6.17 Å². The number of rotatable bonds is 1. The number of fused-ring (bicyclic) bond motifs is 1. The van der Waals surface area contributed by atoms with Gasteiger partial charge in [-0.05, 0) is 30.4 Å². The summed E-state index contributed by atoms with van der Waals surface area (Å²) >= 11 is 10.9. The third kappa shape index (κ3) is 1.59. The lowest BCUT2D eigenvalue weighted by molar-refractivity contribution is -0.121. The van der Waals surface area contributed by atoms with Crippen molar-refractivity contribution in [3.05, 3.63) is 28.1 Å². The maximum atomic E-state index is 11.6. The van der Waals surface area contributed by atoms with Gasteiger partial charge in [-0.15, -0.1) is 0 Å². The molecule has 1 aromatic carbocycles. The minimum Gasteiger partial charge on any atom is -0.429 e. The Hall–Kier alpha value is -1.86. The van der Waals surface area contributed by atoms with Crippen molar-refractivity contribution in [3.63, 3.8) is 0 Å². The van der Waals surface area contributed by atoms with Gasteiger partial charge in [0.1, 0.15) is 0 Å². The topological polar surface area (TPSA) is 76.3 Å². The lowest BCUT2D eigenvalue weighted by Crippen LogP contribution is -2.26. The van der Waals surface area contributed by atoms with Crippen LogP contribution >= 0.6 is 23.8 Å². The van der Waals surface area contributed by atoms with E-state index in [4.69, 9.17) is 28.2 Å². The van der Waals surface area contributed by atoms with E-state index in [1.54, 1.807) is 18.2 Å². The molecule has 2 heterocycles. The Kier molecular flexibility index (Phi) is 2.39. The highest BCUT2D eigenvalue weighted by Gasteiger charge is 2.33. The minimum absolute atomic E-state index is 0.0922. The molecule has 1 fully saturated rings. The monoisotopic (exact) mass is 283 g/mol. The van der Waals surface area contributed by atoms with Gasteiger partial charge in [0.05, 0.1) is 5.52 Å². The van der Waals surface area contributed by atoms with Gasteiger partial charge in [-0.25, -0.2) is 4.79 Å². The second-order valence-electron chi connectivity index (χ2n) is 3.72. The van der Waals surface area contributed by atoms with Crippen LogP contribution in [0.15, 0.2) is 22.6 Å². The number of nitrogens with one attached hydrogen (secondary N) is 2. The molecule has 6 nitrogen and oxygen atoms in total. The second kappa shape index (κ2) is 3.82. The highest BCUT2D eigenvalue weighted by molar-refractivity contribution is 7.71. The molecule has 18 heavy (non-hydrogen) atoms. The Morgan fingerprint density at radius 3 is 2.83 bits per heavy atom. The van der Waals surface area contributed by atoms with Gasteiger partial charge in [0.15, 0.2) is 11.7 Å². The molecule has 0 aliphatic carbocycles. The van der Waals surface area contributed by atoms with E-state index in [-0.39, 0.29) is 4.84 Å². The number of aromatic nitrogens is 1. The van der Waals surface area contributed by atoms with Crippen LogP contribution in [0.2, 0.25) is 5.02 Å². The van der Waals surface area contributed by atoms with Gasteiger partial charge in [-0.2, -0.15) is 0 Å². The number of halogens is 1. The number of imide groups is 1. The lowest BCUT2D eigenvalue weighted by Gasteiger charge is -2.08. The van der Waals surface area contributed by atoms with Gasteiger partial charge < -0.3 is 9.73 Å². The van der Waals surface area contributed by atoms with Crippen LogP contribution in [-0.2, 0) is 4.79 Å². The molecule has 3 amide bonds. The zero-order valence-corrected chi connectivity index (χ0v) is 10.3. The van der Waals surface area contributed by atoms with Gasteiger partial charge in [0.2, 0.25) is 0 Å². The molecule has 1 aliphatic heterocycles. The number of urea groups is 1. The first kappa shape index (κ1) is 11.2. The summed E-state index contributed by atoms with van der Waals surface area (Å²) in [6, 6.07) is 4.36. The first-order valence-electron chi connectivity index (χ1n) is 4.98. The number of nitrogens with zero attached hydrogens (tertiary/aromatic N) is 1. The summed E-state index contributed by atoms with van der Waals surface area (Å²) in [6.45, 7) is 0. The van der Waals surface area contributed by atoms with Crippen LogP contribution in [0.25, 0.3) is 11.1 Å². The fourth-order valence-corrected chi connectivity index (χ4v) is 2.30. The van der Waals surface area contributed by atoms with Crippen molar-refractivity contribution in [1.29, 1.82) is 0 Å². The summed E-state index contributed by atoms with van der Waals surface area (Å²) in [7, 11) is 0. The smallest absolute Gasteiger partial charge is 0.323 e. The highest BCUT2D eigenvalue weighted by Crippen LogP contribution is 2.25. The molecule has 2 N–H and O–H groups in total. The van der Waals surface area contributed by atoms with Crippen LogP contribution < -0.4 is 10.6 Å². The molecule has 1 aromatic heterocycles. The van der Waals surface area contributed by atoms with Gasteiger partial charge >= 0.3 is 6.03 Å². The van der Waals surface area contributed by atoms with E-state index in [9.17, 15) is 9.59 Å². The van der Waals surface area contributed by atoms with E-state index in [0.29, 0.717) is 16.1 Å². The van der Waals surface area contributed by atoms with Crippen LogP contribution in [0.3, 0.4) is 0 Å². The molecule has 0 bridgehead atoms. The lowest BCUT2D eigenvalue weighted by atomic mass is 10.3. The molecule has 8 heteroatoms. The minimum atomic E-state index is -0.912. The number of amides is 3. The Bertz CT molecular complexity index is 736. The molecule has 1 unspecified atom stereocenters. The first-order valence-corrected chi connectivity index (χ1v) is 5.77. The zero-order chi connectivity index (χ0) is 12.9. The van der Waals surface area contributed by atoms with E-state index in [2.05, 4.69) is 10.6 Å². The van der Waals surface area contributed by atoms with Gasteiger partial charge in [0, 0.05) is 5.02 Å². The number of carbonyl (C=O) groups excluding carboxylic acids is 2. The quantitative estimate of drug-likeness (QED) is 0.619. The predicted octanol–water partition coefficient (Wildman–Crippen LogP) is 1.96. The number of oxazole rings is 1. The summed E-state index contributed by atoms with van der Waals surface area (Å²) in [6.07, 6.45) is -0.912. The second-order valence-corrected chi connectivity index (χ2v) is 4.50. The van der Waals surface area contributed by atoms with E-state index in [0.717, 1.165) is 0 Å². The number of carbonyl (C=O) groups is 2. The van der Waals surface area contributed by atoms with Crippen molar-refractivity contribution >= 4 is 46.9 Å². The third-order valence-corrected chi connectivity index (χ3v) is 3.10. The summed E-state index contributed by atoms with van der Waals surface area (Å²) in [4.78, 5) is 22.8. The first-order chi connectivity index (χ1) is 8.56. The molecule has 0 saturated carbocycles. The molecule has 1 aliphatic rings. The molecule has 92 valence electrons. The van der Waals surface area contributed by atoms with E-state index in [1.165, 1.54) is 4.57 Å². The molecular weight excluding hydrogens is 278 g/mol. The maximum Gasteiger partial charge on any atom is 0.323 e. The number of benzene rings is 1. The summed E-state index contributed by atoms with van der Waals surface area (Å²) in [5.74, 6) is -0.487. The van der Waals surface area contributed by atoms with Crippen molar-refractivity contribution in [2.24, 2.45) is 0 Å². The zero-order valence-electron chi connectivity index (χ0n) is 8.77. The van der Waals surface area contributed by atoms with Gasteiger partial charge in [0.25, 0.3) is 10.7 Å². The molecule has 1 saturated heterocycles. The third-order valence-electron chi connectivity index (χ3n) is 2.59. The number of hydrogen-bond acceptors (Lipinski definition) is 4. The summed E-state index contributed by atoms with van der Waals surface area (Å²) < 4.78 is 6.75. The molecule has 0 radical (unpaired) electrons. The Balaban J connectivity index is 2.25. The average Bonchev–Trinajstić information content (AvgIpc) is 2.77. The number of hydrogen-bond donors (Lipinski definition) is 2. The SMILES string of the molecule is O=C1NC(=O)C(n2c(=S)oc3ccc(Cl)cc32)N1. The van der Waals surface area contributed by atoms with Crippen molar-refractivity contribution < 1.29 is 14.0 Å². The van der Waals surface area contributed by atoms with Crippen LogP contribution in [0, 0.1) is 4.84 Å². The van der Waals surface area contributed by atoms with Crippen LogP contribution in [0.4, 0.5) is 4.79 Å². The Morgan fingerprint density at radius 1 is 1.39 bits per heavy atom. The van der Waals surface area contributed by atoms with E-state index >= 15 is 0 Å². The van der Waals surface area contributed by atoms with Crippen molar-refractivity contribution in [2.45, 2.75) is 6.17 Å². The molecule has 3 rings (SSSR count). The fourth-order valence-electron chi connectivity index (χ4n) is 1.84. The predicted molar refractivity (Wildman–Crippen MR) is 65.8 cm³/mol. The molecular formula is C10H6ClN3O3S. The van der Waals surface area contributed by atoms with Crippen molar-refractivity contribution in [2.75, 3.05) is 0 Å². The van der Waals surface area contributed by atoms with Crippen molar-refractivity contribution in [3.8, 4) is 0 Å². The van der Waals surface area contributed by atoms with Gasteiger partial charge in [-0.3, -0.25) is 14.7 Å². The normalized spacial score (nSPS) is 19.1. The molecule has 2 aromatic rings. The van der Waals surface area contributed by atoms with Gasteiger partial charge in [-0.1, -0.05) is 11.6 Å². The molecule has 0 spiro atoms. The molecule has 1 atom stereocenters. The Labute approximate surface area is 111 Å². The summed E-state index contributed by atoms with van der Waals surface area (Å²) in [5, 5.41) is 5.07. The van der Waals surface area contributed by atoms with E-state index in [1.807, 2.05) is 0 Å². The summed E-state index contributed by atoms with van der Waals surface area (Å²) in [5.41, 5.74) is 1.05. The fraction of sp³-hybridized carbons (Fsp3) is 0.100. The van der Waals surface area contributed by atoms with Crippen molar-refractivity contribution in [1.82, 2.24) is 15.2 Å². The van der Waals surface area contributed by atoms with Crippen LogP contribution in [-0.4, -0.2) is 16.5 Å². The average molecular weight is 284 g/mol. The van der Waals surface area contributed by atoms with E-state index < -0.39 is 18.1 Å². The largest absolute Gasteiger partial charge is 0.429 e.